The van der Waals surface area contributed by atoms with Crippen LogP contribution in [0.1, 0.15) is 32.3 Å². The lowest BCUT2D eigenvalue weighted by Crippen LogP contribution is -2.63. The molecule has 4 heterocycles. The van der Waals surface area contributed by atoms with Gasteiger partial charge in [0.25, 0.3) is 5.91 Å². The Morgan fingerprint density at radius 2 is 1.74 bits per heavy atom. The number of nitrogens with zero attached hydrogens (tertiary/aromatic N) is 7. The zero-order valence-corrected chi connectivity index (χ0v) is 20.5. The highest BCUT2D eigenvalue weighted by Crippen LogP contribution is 2.25. The van der Waals surface area contributed by atoms with Gasteiger partial charge in [-0.3, -0.25) is 14.6 Å². The zero-order valence-electron chi connectivity index (χ0n) is 20.5. The van der Waals surface area contributed by atoms with E-state index in [-0.39, 0.29) is 18.0 Å². The van der Waals surface area contributed by atoms with Gasteiger partial charge in [0.05, 0.1) is 5.71 Å². The molecule has 1 aromatic carbocycles. The molecular weight excluding hydrogens is 430 g/mol. The third-order valence-corrected chi connectivity index (χ3v) is 7.68. The van der Waals surface area contributed by atoms with Crippen molar-refractivity contribution in [3.8, 4) is 0 Å². The zero-order chi connectivity index (χ0) is 24.0. The molecule has 180 valence electrons. The molecule has 1 aromatic rings. The van der Waals surface area contributed by atoms with Crippen LogP contribution in [0.4, 0.5) is 4.79 Å². The Balaban J connectivity index is 1.25. The number of guanidine groups is 1. The second-order valence-electron chi connectivity index (χ2n) is 9.83. The van der Waals surface area contributed by atoms with Crippen LogP contribution in [0.25, 0.3) is 0 Å². The number of hydrazone groups is 1. The molecular formula is C25H34N7O2+. The molecule has 0 aliphatic carbocycles. The number of fused-ring (bicyclic) bond motifs is 2. The van der Waals surface area contributed by atoms with E-state index in [0.29, 0.717) is 18.3 Å². The maximum absolute atomic E-state index is 13.0. The van der Waals surface area contributed by atoms with Crippen LogP contribution in [0.15, 0.2) is 40.4 Å². The molecule has 2 saturated heterocycles. The normalized spacial score (nSPS) is 26.1. The monoisotopic (exact) mass is 464 g/mol. The molecule has 0 aromatic heterocycles. The van der Waals surface area contributed by atoms with Gasteiger partial charge < -0.3 is 4.90 Å². The van der Waals surface area contributed by atoms with Gasteiger partial charge in [-0.15, -0.1) is 10.1 Å². The average Bonchev–Trinajstić information content (AvgIpc) is 3.26. The van der Waals surface area contributed by atoms with Crippen LogP contribution in [0.2, 0.25) is 0 Å². The minimum Gasteiger partial charge on any atom is -0.300 e. The van der Waals surface area contributed by atoms with Gasteiger partial charge in [0, 0.05) is 20.6 Å². The van der Waals surface area contributed by atoms with E-state index in [1.54, 1.807) is 7.05 Å². The minimum atomic E-state index is -0.584. The second kappa shape index (κ2) is 8.94. The number of hydrogen-bond donors (Lipinski definition) is 0. The Kier molecular flexibility index (Phi) is 5.97. The lowest BCUT2D eigenvalue weighted by molar-refractivity contribution is -0.559. The molecule has 0 spiro atoms. The Bertz CT molecular complexity index is 1070. The number of imide groups is 1. The Morgan fingerprint density at radius 3 is 2.44 bits per heavy atom. The van der Waals surface area contributed by atoms with Crippen LogP contribution in [-0.2, 0) is 11.2 Å². The summed E-state index contributed by atoms with van der Waals surface area (Å²) in [7, 11) is 3.21. The third kappa shape index (κ3) is 3.91. The lowest BCUT2D eigenvalue weighted by atomic mass is 9.90. The van der Waals surface area contributed by atoms with Crippen LogP contribution >= 0.6 is 0 Å². The van der Waals surface area contributed by atoms with E-state index in [4.69, 9.17) is 10.1 Å². The standard InChI is InChI=1S/C25H34N7O2/c1-17-18(2)32-21-22(28(3)25(34)29(4)23(21)33)26-24(32)31(27-17)15-14-30-12-10-20(11-13-30)16-19-8-6-5-7-9-19/h5-9,18,20-21H,10-16H2,1-4H3/q+1. The molecule has 2 atom stereocenters. The average molecular weight is 465 g/mol. The molecule has 4 aliphatic heterocycles. The summed E-state index contributed by atoms with van der Waals surface area (Å²) in [4.78, 5) is 35.4. The molecule has 34 heavy (non-hydrogen) atoms. The van der Waals surface area contributed by atoms with Gasteiger partial charge in [0.15, 0.2) is 0 Å². The molecule has 4 aliphatic rings. The van der Waals surface area contributed by atoms with E-state index in [1.165, 1.54) is 35.3 Å². The summed E-state index contributed by atoms with van der Waals surface area (Å²) in [5.41, 5.74) is 2.37. The van der Waals surface area contributed by atoms with E-state index >= 15 is 0 Å². The number of aliphatic imine (C=N–C) groups is 1. The van der Waals surface area contributed by atoms with Crippen LogP contribution in [-0.4, -0.2) is 106 Å². The van der Waals surface area contributed by atoms with Crippen molar-refractivity contribution in [2.24, 2.45) is 16.0 Å². The number of urea groups is 1. The summed E-state index contributed by atoms with van der Waals surface area (Å²) in [6, 6.07) is 9.76. The van der Waals surface area contributed by atoms with Crippen molar-refractivity contribution in [1.82, 2.24) is 19.7 Å². The highest BCUT2D eigenvalue weighted by Gasteiger charge is 2.55. The molecule has 2 unspecified atom stereocenters. The van der Waals surface area contributed by atoms with Crippen molar-refractivity contribution >= 4 is 29.4 Å². The summed E-state index contributed by atoms with van der Waals surface area (Å²) in [6.45, 7) is 7.79. The number of likely N-dealkylation sites (tertiary alicyclic amines) is 1. The van der Waals surface area contributed by atoms with Gasteiger partial charge in [0.1, 0.15) is 12.6 Å². The predicted octanol–water partition coefficient (Wildman–Crippen LogP) is 1.69. The second-order valence-corrected chi connectivity index (χ2v) is 9.83. The van der Waals surface area contributed by atoms with Gasteiger partial charge in [-0.25, -0.2) is 9.37 Å². The van der Waals surface area contributed by atoms with Gasteiger partial charge in [-0.1, -0.05) is 35.3 Å². The number of hydrogen-bond acceptors (Lipinski definition) is 6. The molecule has 0 bridgehead atoms. The molecule has 9 nitrogen and oxygen atoms in total. The Hall–Kier alpha value is -3.07. The maximum Gasteiger partial charge on any atom is 0.416 e. The Morgan fingerprint density at radius 1 is 1.03 bits per heavy atom. The van der Waals surface area contributed by atoms with Crippen LogP contribution in [0.3, 0.4) is 0 Å². The van der Waals surface area contributed by atoms with E-state index in [0.717, 1.165) is 37.7 Å². The van der Waals surface area contributed by atoms with Crippen molar-refractivity contribution in [2.75, 3.05) is 40.3 Å². The Labute approximate surface area is 201 Å². The highest BCUT2D eigenvalue weighted by atomic mass is 16.2. The van der Waals surface area contributed by atoms with Crippen LogP contribution < -0.4 is 0 Å². The fourth-order valence-corrected chi connectivity index (χ4v) is 5.41. The molecule has 3 amide bonds. The van der Waals surface area contributed by atoms with Crippen LogP contribution in [0, 0.1) is 5.92 Å². The van der Waals surface area contributed by atoms with Crippen molar-refractivity contribution in [3.63, 3.8) is 0 Å². The lowest BCUT2D eigenvalue weighted by Gasteiger charge is -2.34. The van der Waals surface area contributed by atoms with Gasteiger partial charge in [-0.05, 0) is 57.7 Å². The van der Waals surface area contributed by atoms with Crippen molar-refractivity contribution in [1.29, 1.82) is 0 Å². The highest BCUT2D eigenvalue weighted by molar-refractivity contribution is 6.23. The van der Waals surface area contributed by atoms with E-state index in [2.05, 4.69) is 35.2 Å². The number of benzene rings is 1. The smallest absolute Gasteiger partial charge is 0.300 e. The molecule has 0 saturated carbocycles. The summed E-state index contributed by atoms with van der Waals surface area (Å²) >= 11 is 0. The molecule has 9 heteroatoms. The van der Waals surface area contributed by atoms with E-state index in [9.17, 15) is 9.59 Å². The molecule has 0 radical (unpaired) electrons. The van der Waals surface area contributed by atoms with Gasteiger partial charge >= 0.3 is 12.0 Å². The number of amides is 3. The first-order chi connectivity index (χ1) is 16.3. The molecule has 0 N–H and O–H groups in total. The van der Waals surface area contributed by atoms with Gasteiger partial charge in [-0.2, -0.15) is 0 Å². The third-order valence-electron chi connectivity index (χ3n) is 7.68. The van der Waals surface area contributed by atoms with Crippen molar-refractivity contribution in [2.45, 2.75) is 45.2 Å². The number of piperidine rings is 1. The first-order valence-electron chi connectivity index (χ1n) is 12.2. The summed E-state index contributed by atoms with van der Waals surface area (Å²) in [6.07, 6.45) is 3.56. The number of carbonyl (C=O) groups is 2. The molecule has 5 rings (SSSR count). The van der Waals surface area contributed by atoms with Gasteiger partial charge in [0.2, 0.25) is 11.9 Å². The number of carbonyl (C=O) groups excluding carboxylic acids is 2. The maximum atomic E-state index is 13.0. The summed E-state index contributed by atoms with van der Waals surface area (Å²) in [5.74, 6) is 1.66. The quantitative estimate of drug-likeness (QED) is 0.622. The topological polar surface area (TPSA) is 74.8 Å². The fourth-order valence-electron chi connectivity index (χ4n) is 5.41. The SMILES string of the molecule is CC1=NN(CCN2CCC(Cc3ccccc3)CC2)C2=[N+](C1C)C1C(=O)N(C)C(=O)N(C)C1=N2. The number of amidine groups is 1. The number of likely N-dealkylation sites (N-methyl/N-ethyl adjacent to an activating group) is 2. The van der Waals surface area contributed by atoms with Crippen molar-refractivity contribution < 1.29 is 14.2 Å². The van der Waals surface area contributed by atoms with E-state index in [1.807, 2.05) is 23.4 Å². The first kappa shape index (κ1) is 22.7. The van der Waals surface area contributed by atoms with Crippen LogP contribution in [0.5, 0.6) is 0 Å². The predicted molar refractivity (Wildman–Crippen MR) is 131 cm³/mol. The minimum absolute atomic E-state index is 0.0646. The van der Waals surface area contributed by atoms with Crippen molar-refractivity contribution in [3.05, 3.63) is 35.9 Å². The largest absolute Gasteiger partial charge is 0.416 e. The summed E-state index contributed by atoms with van der Waals surface area (Å²) < 4.78 is 2.02. The first-order valence-corrected chi connectivity index (χ1v) is 12.2. The molecule has 2 fully saturated rings. The summed E-state index contributed by atoms with van der Waals surface area (Å²) in [5, 5.41) is 6.74. The van der Waals surface area contributed by atoms with E-state index < -0.39 is 6.04 Å². The number of rotatable bonds is 5. The fraction of sp³-hybridized carbons (Fsp3) is 0.560.